The second-order valence-corrected chi connectivity index (χ2v) is 5.07. The van der Waals surface area contributed by atoms with E-state index < -0.39 is 0 Å². The first-order chi connectivity index (χ1) is 9.81. The molecular weight excluding hydrogens is 246 g/mol. The van der Waals surface area contributed by atoms with Gasteiger partial charge in [0.2, 0.25) is 0 Å². The lowest BCUT2D eigenvalue weighted by Gasteiger charge is -2.16. The summed E-state index contributed by atoms with van der Waals surface area (Å²) in [6, 6.07) is 19.5. The van der Waals surface area contributed by atoms with Crippen molar-refractivity contribution in [3.8, 4) is 5.75 Å². The van der Waals surface area contributed by atoms with Crippen molar-refractivity contribution in [2.45, 2.75) is 25.3 Å². The smallest absolute Gasteiger partial charge is 0.119 e. The van der Waals surface area contributed by atoms with Gasteiger partial charge in [0.25, 0.3) is 0 Å². The van der Waals surface area contributed by atoms with Crippen LogP contribution in [0.4, 0.5) is 0 Å². The summed E-state index contributed by atoms with van der Waals surface area (Å²) in [6.45, 7) is 0. The Labute approximate surface area is 121 Å². The molecule has 0 aliphatic rings. The molecular formula is C18H23NO. The van der Waals surface area contributed by atoms with Crippen LogP contribution in [0.3, 0.4) is 0 Å². The van der Waals surface area contributed by atoms with E-state index >= 15 is 0 Å². The monoisotopic (exact) mass is 269 g/mol. The minimum Gasteiger partial charge on any atom is -0.497 e. The van der Waals surface area contributed by atoms with Crippen LogP contribution in [0, 0.1) is 0 Å². The molecule has 0 aromatic heterocycles. The molecule has 0 spiro atoms. The Bertz CT molecular complexity index is 510. The molecule has 2 aromatic carbocycles. The van der Waals surface area contributed by atoms with E-state index in [1.165, 1.54) is 11.1 Å². The second-order valence-electron chi connectivity index (χ2n) is 5.07. The Kier molecular flexibility index (Phi) is 5.63. The second kappa shape index (κ2) is 7.71. The third kappa shape index (κ3) is 4.39. The van der Waals surface area contributed by atoms with E-state index in [0.717, 1.165) is 25.0 Å². The maximum Gasteiger partial charge on any atom is 0.119 e. The van der Waals surface area contributed by atoms with Gasteiger partial charge in [-0.3, -0.25) is 0 Å². The van der Waals surface area contributed by atoms with Crippen molar-refractivity contribution in [2.75, 3.05) is 14.2 Å². The van der Waals surface area contributed by atoms with Crippen LogP contribution in [0.15, 0.2) is 54.6 Å². The van der Waals surface area contributed by atoms with Crippen LogP contribution in [-0.2, 0) is 12.8 Å². The molecule has 1 unspecified atom stereocenters. The Morgan fingerprint density at radius 1 is 1.00 bits per heavy atom. The van der Waals surface area contributed by atoms with Crippen molar-refractivity contribution in [3.05, 3.63) is 65.7 Å². The van der Waals surface area contributed by atoms with E-state index in [0.29, 0.717) is 6.04 Å². The number of likely N-dealkylation sites (N-methyl/N-ethyl adjacent to an activating group) is 1. The van der Waals surface area contributed by atoms with Crippen LogP contribution in [0.1, 0.15) is 17.5 Å². The van der Waals surface area contributed by atoms with Gasteiger partial charge in [-0.15, -0.1) is 0 Å². The average Bonchev–Trinajstić information content (AvgIpc) is 2.52. The van der Waals surface area contributed by atoms with Gasteiger partial charge in [-0.2, -0.15) is 0 Å². The molecule has 0 aliphatic heterocycles. The number of hydrogen-bond donors (Lipinski definition) is 1. The predicted molar refractivity (Wildman–Crippen MR) is 84.3 cm³/mol. The van der Waals surface area contributed by atoms with Crippen molar-refractivity contribution >= 4 is 0 Å². The SMILES string of the molecule is CNC(CCc1ccccc1)Cc1cccc(OC)c1. The fourth-order valence-electron chi connectivity index (χ4n) is 2.42. The Morgan fingerprint density at radius 2 is 1.75 bits per heavy atom. The van der Waals surface area contributed by atoms with Crippen molar-refractivity contribution in [2.24, 2.45) is 0 Å². The van der Waals surface area contributed by atoms with Crippen LogP contribution in [0.2, 0.25) is 0 Å². The van der Waals surface area contributed by atoms with Crippen LogP contribution < -0.4 is 10.1 Å². The zero-order valence-corrected chi connectivity index (χ0v) is 12.3. The molecule has 20 heavy (non-hydrogen) atoms. The Morgan fingerprint density at radius 3 is 2.45 bits per heavy atom. The number of nitrogens with one attached hydrogen (secondary N) is 1. The molecule has 0 amide bonds. The minimum absolute atomic E-state index is 0.488. The topological polar surface area (TPSA) is 21.3 Å². The standard InChI is InChI=1S/C18H23NO/c1-19-17(12-11-15-7-4-3-5-8-15)13-16-9-6-10-18(14-16)20-2/h3-10,14,17,19H,11-13H2,1-2H3. The number of aryl methyl sites for hydroxylation is 1. The molecule has 106 valence electrons. The fraction of sp³-hybridized carbons (Fsp3) is 0.333. The number of ether oxygens (including phenoxy) is 1. The molecule has 1 atom stereocenters. The largest absolute Gasteiger partial charge is 0.497 e. The highest BCUT2D eigenvalue weighted by atomic mass is 16.5. The highest BCUT2D eigenvalue weighted by Crippen LogP contribution is 2.15. The summed E-state index contributed by atoms with van der Waals surface area (Å²) in [5.74, 6) is 0.931. The maximum absolute atomic E-state index is 5.28. The van der Waals surface area contributed by atoms with Gasteiger partial charge in [0, 0.05) is 6.04 Å². The molecule has 2 heteroatoms. The Hall–Kier alpha value is -1.80. The number of benzene rings is 2. The summed E-state index contributed by atoms with van der Waals surface area (Å²) >= 11 is 0. The summed E-state index contributed by atoms with van der Waals surface area (Å²) in [6.07, 6.45) is 3.27. The van der Waals surface area contributed by atoms with Crippen molar-refractivity contribution < 1.29 is 4.74 Å². The molecule has 2 aromatic rings. The zero-order valence-electron chi connectivity index (χ0n) is 12.3. The van der Waals surface area contributed by atoms with Gasteiger partial charge in [-0.1, -0.05) is 42.5 Å². The number of methoxy groups -OCH3 is 1. The number of rotatable bonds is 7. The van der Waals surface area contributed by atoms with Gasteiger partial charge < -0.3 is 10.1 Å². The third-order valence-corrected chi connectivity index (χ3v) is 3.65. The van der Waals surface area contributed by atoms with E-state index in [4.69, 9.17) is 4.74 Å². The number of hydrogen-bond acceptors (Lipinski definition) is 2. The molecule has 1 N–H and O–H groups in total. The fourth-order valence-corrected chi connectivity index (χ4v) is 2.42. The van der Waals surface area contributed by atoms with E-state index in [-0.39, 0.29) is 0 Å². The third-order valence-electron chi connectivity index (χ3n) is 3.65. The first kappa shape index (κ1) is 14.6. The van der Waals surface area contributed by atoms with Crippen molar-refractivity contribution in [3.63, 3.8) is 0 Å². The van der Waals surface area contributed by atoms with E-state index in [1.807, 2.05) is 13.1 Å². The molecule has 0 bridgehead atoms. The molecule has 0 fully saturated rings. The van der Waals surface area contributed by atoms with E-state index in [1.54, 1.807) is 7.11 Å². The predicted octanol–water partition coefficient (Wildman–Crippen LogP) is 3.46. The lowest BCUT2D eigenvalue weighted by Crippen LogP contribution is -2.28. The highest BCUT2D eigenvalue weighted by Gasteiger charge is 2.08. The molecule has 0 saturated heterocycles. The molecule has 0 heterocycles. The molecule has 2 nitrogen and oxygen atoms in total. The summed E-state index contributed by atoms with van der Waals surface area (Å²) in [7, 11) is 3.75. The lowest BCUT2D eigenvalue weighted by molar-refractivity contribution is 0.413. The normalized spacial score (nSPS) is 12.1. The van der Waals surface area contributed by atoms with E-state index in [2.05, 4.69) is 53.8 Å². The quantitative estimate of drug-likeness (QED) is 0.831. The molecule has 0 saturated carbocycles. The minimum atomic E-state index is 0.488. The molecule has 2 rings (SSSR count). The summed E-state index contributed by atoms with van der Waals surface area (Å²) in [5, 5.41) is 3.42. The summed E-state index contributed by atoms with van der Waals surface area (Å²) in [4.78, 5) is 0. The average molecular weight is 269 g/mol. The van der Waals surface area contributed by atoms with Gasteiger partial charge in [-0.05, 0) is 49.6 Å². The first-order valence-electron chi connectivity index (χ1n) is 7.16. The van der Waals surface area contributed by atoms with Crippen molar-refractivity contribution in [1.29, 1.82) is 0 Å². The van der Waals surface area contributed by atoms with Gasteiger partial charge in [-0.25, -0.2) is 0 Å². The van der Waals surface area contributed by atoms with Gasteiger partial charge >= 0.3 is 0 Å². The summed E-state index contributed by atoms with van der Waals surface area (Å²) in [5.41, 5.74) is 2.72. The zero-order chi connectivity index (χ0) is 14.2. The van der Waals surface area contributed by atoms with Crippen LogP contribution >= 0.6 is 0 Å². The Balaban J connectivity index is 1.91. The first-order valence-corrected chi connectivity index (χ1v) is 7.16. The van der Waals surface area contributed by atoms with Crippen molar-refractivity contribution in [1.82, 2.24) is 5.32 Å². The maximum atomic E-state index is 5.28. The summed E-state index contributed by atoms with van der Waals surface area (Å²) < 4.78 is 5.28. The molecule has 0 radical (unpaired) electrons. The van der Waals surface area contributed by atoms with Gasteiger partial charge in [0.1, 0.15) is 5.75 Å². The highest BCUT2D eigenvalue weighted by molar-refractivity contribution is 5.29. The lowest BCUT2D eigenvalue weighted by atomic mass is 9.99. The van der Waals surface area contributed by atoms with Crippen LogP contribution in [-0.4, -0.2) is 20.2 Å². The van der Waals surface area contributed by atoms with Crippen LogP contribution in [0.5, 0.6) is 5.75 Å². The van der Waals surface area contributed by atoms with Gasteiger partial charge in [0.15, 0.2) is 0 Å². The van der Waals surface area contributed by atoms with E-state index in [9.17, 15) is 0 Å². The molecule has 0 aliphatic carbocycles. The van der Waals surface area contributed by atoms with Crippen LogP contribution in [0.25, 0.3) is 0 Å². The van der Waals surface area contributed by atoms with Gasteiger partial charge in [0.05, 0.1) is 7.11 Å².